The summed E-state index contributed by atoms with van der Waals surface area (Å²) in [6, 6.07) is 21.1. The van der Waals surface area contributed by atoms with E-state index >= 15 is 0 Å². The third kappa shape index (κ3) is 4.94. The zero-order chi connectivity index (χ0) is 21.6. The molecule has 0 aliphatic heterocycles. The van der Waals surface area contributed by atoms with Gasteiger partial charge in [0.25, 0.3) is 5.91 Å². The van der Waals surface area contributed by atoms with E-state index in [0.717, 1.165) is 28.0 Å². The van der Waals surface area contributed by atoms with Gasteiger partial charge in [-0.05, 0) is 35.9 Å². The number of amides is 1. The highest BCUT2D eigenvalue weighted by Gasteiger charge is 2.13. The van der Waals surface area contributed by atoms with E-state index in [1.165, 1.54) is 23.0 Å². The van der Waals surface area contributed by atoms with Gasteiger partial charge in [-0.15, -0.1) is 11.3 Å². The fourth-order valence-electron chi connectivity index (χ4n) is 3.03. The van der Waals surface area contributed by atoms with Crippen LogP contribution in [0.3, 0.4) is 0 Å². The average Bonchev–Trinajstić information content (AvgIpc) is 3.24. The highest BCUT2D eigenvalue weighted by Crippen LogP contribution is 2.23. The first-order valence-corrected chi connectivity index (χ1v) is 10.3. The molecule has 2 aromatic heterocycles. The first kappa shape index (κ1) is 20.3. The Morgan fingerprint density at radius 1 is 1.19 bits per heavy atom. The number of anilines is 1. The Kier molecular flexibility index (Phi) is 6.01. The number of ether oxygens (including phenoxy) is 1. The first-order chi connectivity index (χ1) is 15.1. The van der Waals surface area contributed by atoms with Gasteiger partial charge in [-0.1, -0.05) is 36.4 Å². The highest BCUT2D eigenvalue weighted by atomic mass is 32.1. The molecule has 1 amide bonds. The molecular weight excluding hydrogens is 408 g/mol. The van der Waals surface area contributed by atoms with E-state index in [1.54, 1.807) is 19.4 Å². The Balaban J connectivity index is 1.49. The number of carbonyl (C=O) groups is 1. The van der Waals surface area contributed by atoms with Crippen LogP contribution < -0.4 is 10.1 Å². The summed E-state index contributed by atoms with van der Waals surface area (Å²) in [6.07, 6.45) is 3.95. The number of nitriles is 1. The van der Waals surface area contributed by atoms with Gasteiger partial charge in [0.05, 0.1) is 18.3 Å². The van der Waals surface area contributed by atoms with Gasteiger partial charge in [-0.25, -0.2) is 9.97 Å². The van der Waals surface area contributed by atoms with Crippen LogP contribution >= 0.6 is 11.3 Å². The Hall–Kier alpha value is -4.02. The van der Waals surface area contributed by atoms with Crippen molar-refractivity contribution in [2.24, 2.45) is 0 Å². The number of methoxy groups -OCH3 is 1. The molecule has 1 N–H and O–H groups in total. The molecule has 0 fully saturated rings. The number of thiazole rings is 1. The van der Waals surface area contributed by atoms with Crippen LogP contribution in [0, 0.1) is 11.3 Å². The Labute approximate surface area is 183 Å². The van der Waals surface area contributed by atoms with Crippen molar-refractivity contribution in [2.75, 3.05) is 12.4 Å². The van der Waals surface area contributed by atoms with Gasteiger partial charge in [-0.3, -0.25) is 10.1 Å². The lowest BCUT2D eigenvalue weighted by molar-refractivity contribution is -0.112. The molecule has 152 valence electrons. The molecule has 2 aromatic carbocycles. The largest absolute Gasteiger partial charge is 0.497 e. The van der Waals surface area contributed by atoms with Crippen molar-refractivity contribution in [1.29, 1.82) is 5.26 Å². The number of benzene rings is 2. The quantitative estimate of drug-likeness (QED) is 0.352. The van der Waals surface area contributed by atoms with Crippen LogP contribution in [-0.2, 0) is 11.2 Å². The maximum atomic E-state index is 12.6. The molecule has 0 aliphatic rings. The molecule has 0 spiro atoms. The summed E-state index contributed by atoms with van der Waals surface area (Å²) in [5, 5.41) is 13.5. The fourth-order valence-corrected chi connectivity index (χ4v) is 3.87. The Morgan fingerprint density at radius 2 is 2.03 bits per heavy atom. The van der Waals surface area contributed by atoms with Gasteiger partial charge in [0, 0.05) is 22.9 Å². The Bertz CT molecular complexity index is 1310. The van der Waals surface area contributed by atoms with E-state index in [4.69, 9.17) is 4.74 Å². The van der Waals surface area contributed by atoms with Crippen molar-refractivity contribution < 1.29 is 9.53 Å². The maximum Gasteiger partial charge on any atom is 0.268 e. The average molecular weight is 427 g/mol. The maximum absolute atomic E-state index is 12.6. The molecule has 4 aromatic rings. The fraction of sp³-hybridized carbons (Fsp3) is 0.0833. The van der Waals surface area contributed by atoms with E-state index < -0.39 is 5.91 Å². The predicted molar refractivity (Wildman–Crippen MR) is 122 cm³/mol. The number of pyridine rings is 1. The molecule has 0 saturated heterocycles. The second kappa shape index (κ2) is 9.20. The smallest absolute Gasteiger partial charge is 0.268 e. The Morgan fingerprint density at radius 3 is 2.81 bits per heavy atom. The molecular formula is C24H18N4O2S. The number of aromatic nitrogens is 2. The molecule has 4 rings (SSSR count). The van der Waals surface area contributed by atoms with Crippen molar-refractivity contribution in [3.63, 3.8) is 0 Å². The van der Waals surface area contributed by atoms with Gasteiger partial charge in [-0.2, -0.15) is 5.26 Å². The van der Waals surface area contributed by atoms with E-state index in [9.17, 15) is 10.1 Å². The number of rotatable bonds is 6. The van der Waals surface area contributed by atoms with Crippen LogP contribution in [0.15, 0.2) is 72.4 Å². The molecule has 0 saturated carbocycles. The third-order valence-corrected chi connectivity index (χ3v) is 5.48. The van der Waals surface area contributed by atoms with E-state index in [-0.39, 0.29) is 5.57 Å². The van der Waals surface area contributed by atoms with E-state index in [0.29, 0.717) is 10.8 Å². The minimum atomic E-state index is -0.514. The van der Waals surface area contributed by atoms with E-state index in [1.807, 2.05) is 60.7 Å². The van der Waals surface area contributed by atoms with Crippen LogP contribution in [-0.4, -0.2) is 23.0 Å². The standard InChI is InChI=1S/C24H18N4O2S/c1-30-20-9-10-22-17(13-20)7-8-19(27-22)12-18(14-25)23(29)28-24-26-15-21(31-24)11-16-5-3-2-4-6-16/h2-10,12-13,15H,11H2,1H3,(H,26,28,29). The van der Waals surface area contributed by atoms with Gasteiger partial charge >= 0.3 is 0 Å². The summed E-state index contributed by atoms with van der Waals surface area (Å²) in [5.74, 6) is 0.226. The molecule has 0 radical (unpaired) electrons. The summed E-state index contributed by atoms with van der Waals surface area (Å²) in [6.45, 7) is 0. The van der Waals surface area contributed by atoms with Crippen LogP contribution in [0.25, 0.3) is 17.0 Å². The highest BCUT2D eigenvalue weighted by molar-refractivity contribution is 7.15. The van der Waals surface area contributed by atoms with E-state index in [2.05, 4.69) is 15.3 Å². The molecule has 31 heavy (non-hydrogen) atoms. The first-order valence-electron chi connectivity index (χ1n) is 9.51. The number of nitrogens with zero attached hydrogens (tertiary/aromatic N) is 3. The lowest BCUT2D eigenvalue weighted by Gasteiger charge is -2.04. The summed E-state index contributed by atoms with van der Waals surface area (Å²) in [7, 11) is 1.61. The number of hydrogen-bond acceptors (Lipinski definition) is 6. The second-order valence-electron chi connectivity index (χ2n) is 6.71. The molecule has 2 heterocycles. The zero-order valence-corrected chi connectivity index (χ0v) is 17.5. The second-order valence-corrected chi connectivity index (χ2v) is 7.83. The number of fused-ring (bicyclic) bond motifs is 1. The lowest BCUT2D eigenvalue weighted by Crippen LogP contribution is -2.13. The molecule has 0 bridgehead atoms. The van der Waals surface area contributed by atoms with Crippen LogP contribution in [0.5, 0.6) is 5.75 Å². The summed E-state index contributed by atoms with van der Waals surface area (Å²) in [4.78, 5) is 22.4. The van der Waals surface area contributed by atoms with Crippen LogP contribution in [0.4, 0.5) is 5.13 Å². The van der Waals surface area contributed by atoms with Gasteiger partial charge in [0.15, 0.2) is 5.13 Å². The minimum Gasteiger partial charge on any atom is -0.497 e. The van der Waals surface area contributed by atoms with Gasteiger partial charge in [0.1, 0.15) is 17.4 Å². The van der Waals surface area contributed by atoms with Gasteiger partial charge in [0.2, 0.25) is 0 Å². The molecule has 0 atom stereocenters. The summed E-state index contributed by atoms with van der Waals surface area (Å²) in [5.41, 5.74) is 2.40. The van der Waals surface area contributed by atoms with Crippen molar-refractivity contribution >= 4 is 39.4 Å². The van der Waals surface area contributed by atoms with Crippen LogP contribution in [0.2, 0.25) is 0 Å². The molecule has 0 unspecified atom stereocenters. The number of hydrogen-bond donors (Lipinski definition) is 1. The minimum absolute atomic E-state index is 0.0415. The predicted octanol–water partition coefficient (Wildman–Crippen LogP) is 4.84. The van der Waals surface area contributed by atoms with Crippen molar-refractivity contribution in [2.45, 2.75) is 6.42 Å². The lowest BCUT2D eigenvalue weighted by atomic mass is 10.1. The third-order valence-electron chi connectivity index (χ3n) is 4.57. The molecule has 0 aliphatic carbocycles. The van der Waals surface area contributed by atoms with Gasteiger partial charge < -0.3 is 4.74 Å². The van der Waals surface area contributed by atoms with Crippen molar-refractivity contribution in [3.8, 4) is 11.8 Å². The SMILES string of the molecule is COc1ccc2nc(C=C(C#N)C(=O)Nc3ncc(Cc4ccccc4)s3)ccc2c1. The molecule has 7 heteroatoms. The molecule has 6 nitrogen and oxygen atoms in total. The van der Waals surface area contributed by atoms with Crippen molar-refractivity contribution in [3.05, 3.63) is 88.6 Å². The normalized spacial score (nSPS) is 11.2. The zero-order valence-electron chi connectivity index (χ0n) is 16.7. The topological polar surface area (TPSA) is 87.9 Å². The van der Waals surface area contributed by atoms with Crippen molar-refractivity contribution in [1.82, 2.24) is 9.97 Å². The number of carbonyl (C=O) groups excluding carboxylic acids is 1. The summed E-state index contributed by atoms with van der Waals surface area (Å²) < 4.78 is 5.22. The number of nitrogens with one attached hydrogen (secondary N) is 1. The summed E-state index contributed by atoms with van der Waals surface area (Å²) >= 11 is 1.39. The van der Waals surface area contributed by atoms with Crippen LogP contribution in [0.1, 0.15) is 16.1 Å². The monoisotopic (exact) mass is 426 g/mol.